The lowest BCUT2D eigenvalue weighted by Gasteiger charge is -2.13. The lowest BCUT2D eigenvalue weighted by Crippen LogP contribution is -2.13. The Morgan fingerprint density at radius 3 is 2.96 bits per heavy atom. The molecule has 1 aromatic heterocycles. The zero-order valence-corrected chi connectivity index (χ0v) is 14.3. The molecular weight excluding hydrogens is 332 g/mol. The molecule has 1 atom stereocenters. The summed E-state index contributed by atoms with van der Waals surface area (Å²) < 4.78 is 0. The van der Waals surface area contributed by atoms with Crippen LogP contribution in [0.25, 0.3) is 0 Å². The van der Waals surface area contributed by atoms with Crippen molar-refractivity contribution in [2.75, 3.05) is 5.32 Å². The molecule has 0 saturated carbocycles. The van der Waals surface area contributed by atoms with E-state index in [4.69, 9.17) is 11.6 Å². The van der Waals surface area contributed by atoms with Crippen LogP contribution in [-0.4, -0.2) is 21.9 Å². The predicted molar refractivity (Wildman–Crippen MR) is 92.4 cm³/mol. The lowest BCUT2D eigenvalue weighted by atomic mass is 10.0. The number of hydrogen-bond acceptors (Lipinski definition) is 4. The third-order valence-corrected chi connectivity index (χ3v) is 5.47. The van der Waals surface area contributed by atoms with Gasteiger partial charge < -0.3 is 5.32 Å². The van der Waals surface area contributed by atoms with Gasteiger partial charge in [0.2, 0.25) is 5.91 Å². The molecule has 0 fully saturated rings. The van der Waals surface area contributed by atoms with Gasteiger partial charge in [-0.1, -0.05) is 11.6 Å². The fourth-order valence-electron chi connectivity index (χ4n) is 2.48. The highest BCUT2D eigenvalue weighted by Crippen LogP contribution is 2.33. The SMILES string of the molecule is Cc1nccc(SC(C)C(=O)c2ccc3c(c2)CC(=O)N3)c1Cl. The van der Waals surface area contributed by atoms with E-state index in [1.807, 2.05) is 19.9 Å². The van der Waals surface area contributed by atoms with Gasteiger partial charge in [-0.25, -0.2) is 0 Å². The molecule has 3 rings (SSSR count). The molecule has 4 nitrogen and oxygen atoms in total. The van der Waals surface area contributed by atoms with Crippen LogP contribution in [0.15, 0.2) is 35.4 Å². The van der Waals surface area contributed by atoms with Crippen LogP contribution >= 0.6 is 23.4 Å². The maximum Gasteiger partial charge on any atom is 0.228 e. The Hall–Kier alpha value is -1.85. The summed E-state index contributed by atoms with van der Waals surface area (Å²) in [6, 6.07) is 7.15. The van der Waals surface area contributed by atoms with Crippen molar-refractivity contribution in [3.63, 3.8) is 0 Å². The molecule has 118 valence electrons. The molecule has 2 heterocycles. The fraction of sp³-hybridized carbons (Fsp3) is 0.235. The summed E-state index contributed by atoms with van der Waals surface area (Å²) in [6.45, 7) is 3.69. The second-order valence-corrected chi connectivity index (χ2v) is 7.19. The van der Waals surface area contributed by atoms with Crippen molar-refractivity contribution in [1.82, 2.24) is 4.98 Å². The van der Waals surface area contributed by atoms with E-state index in [9.17, 15) is 9.59 Å². The number of benzene rings is 1. The number of ketones is 1. The van der Waals surface area contributed by atoms with Gasteiger partial charge in [-0.15, -0.1) is 11.8 Å². The molecule has 1 unspecified atom stereocenters. The van der Waals surface area contributed by atoms with Crippen molar-refractivity contribution in [3.05, 3.63) is 52.3 Å². The number of aryl methyl sites for hydroxylation is 1. The summed E-state index contributed by atoms with van der Waals surface area (Å²) >= 11 is 7.66. The first-order valence-corrected chi connectivity index (χ1v) is 8.46. The lowest BCUT2D eigenvalue weighted by molar-refractivity contribution is -0.115. The standard InChI is InChI=1S/C17H15ClN2O2S/c1-9-16(18)14(5-6-19-9)23-10(2)17(22)11-3-4-13-12(7-11)8-15(21)20-13/h3-7,10H,8H2,1-2H3,(H,20,21). The molecular formula is C17H15ClN2O2S. The van der Waals surface area contributed by atoms with Crippen molar-refractivity contribution in [3.8, 4) is 0 Å². The average Bonchev–Trinajstić information content (AvgIpc) is 2.90. The molecule has 1 amide bonds. The van der Waals surface area contributed by atoms with Gasteiger partial charge in [-0.05, 0) is 43.7 Å². The Balaban J connectivity index is 1.79. The highest BCUT2D eigenvalue weighted by atomic mass is 35.5. The summed E-state index contributed by atoms with van der Waals surface area (Å²) in [5, 5.41) is 3.07. The van der Waals surface area contributed by atoms with Crippen molar-refractivity contribution in [2.24, 2.45) is 0 Å². The van der Waals surface area contributed by atoms with Crippen LogP contribution in [0.1, 0.15) is 28.5 Å². The molecule has 0 aliphatic carbocycles. The van der Waals surface area contributed by atoms with Gasteiger partial charge in [0.1, 0.15) is 0 Å². The Morgan fingerprint density at radius 2 is 2.17 bits per heavy atom. The summed E-state index contributed by atoms with van der Waals surface area (Å²) in [5.41, 5.74) is 3.02. The molecule has 6 heteroatoms. The van der Waals surface area contributed by atoms with Crippen molar-refractivity contribution < 1.29 is 9.59 Å². The smallest absolute Gasteiger partial charge is 0.228 e. The molecule has 1 aromatic carbocycles. The van der Waals surface area contributed by atoms with Crippen LogP contribution in [0.4, 0.5) is 5.69 Å². The van der Waals surface area contributed by atoms with E-state index in [1.165, 1.54) is 11.8 Å². The van der Waals surface area contributed by atoms with E-state index in [0.29, 0.717) is 17.0 Å². The van der Waals surface area contributed by atoms with Crippen LogP contribution < -0.4 is 5.32 Å². The van der Waals surface area contributed by atoms with Crippen LogP contribution in [0, 0.1) is 6.92 Å². The number of halogens is 1. The number of nitrogens with zero attached hydrogens (tertiary/aromatic N) is 1. The van der Waals surface area contributed by atoms with Gasteiger partial charge in [0.15, 0.2) is 5.78 Å². The number of nitrogens with one attached hydrogen (secondary N) is 1. The largest absolute Gasteiger partial charge is 0.326 e. The Kier molecular flexibility index (Phi) is 4.41. The van der Waals surface area contributed by atoms with E-state index < -0.39 is 0 Å². The number of thioether (sulfide) groups is 1. The summed E-state index contributed by atoms with van der Waals surface area (Å²) in [7, 11) is 0. The predicted octanol–water partition coefficient (Wildman–Crippen LogP) is 3.90. The third kappa shape index (κ3) is 3.26. The van der Waals surface area contributed by atoms with E-state index in [-0.39, 0.29) is 16.9 Å². The number of carbonyl (C=O) groups is 2. The van der Waals surface area contributed by atoms with E-state index in [2.05, 4.69) is 10.3 Å². The zero-order valence-electron chi connectivity index (χ0n) is 12.7. The van der Waals surface area contributed by atoms with E-state index in [1.54, 1.807) is 24.4 Å². The molecule has 0 saturated heterocycles. The minimum atomic E-state index is -0.280. The van der Waals surface area contributed by atoms with Crippen LogP contribution in [0.3, 0.4) is 0 Å². The van der Waals surface area contributed by atoms with Crippen molar-refractivity contribution in [2.45, 2.75) is 30.4 Å². The second-order valence-electron chi connectivity index (χ2n) is 5.43. The third-order valence-electron chi connectivity index (χ3n) is 3.72. The molecule has 0 bridgehead atoms. The molecule has 0 spiro atoms. The average molecular weight is 347 g/mol. The Morgan fingerprint density at radius 1 is 1.39 bits per heavy atom. The maximum atomic E-state index is 12.6. The van der Waals surface area contributed by atoms with E-state index in [0.717, 1.165) is 21.8 Å². The monoisotopic (exact) mass is 346 g/mol. The number of amides is 1. The second kappa shape index (κ2) is 6.34. The maximum absolute atomic E-state index is 12.6. The summed E-state index contributed by atoms with van der Waals surface area (Å²) in [4.78, 5) is 29.0. The van der Waals surface area contributed by atoms with Crippen LogP contribution in [-0.2, 0) is 11.2 Å². The fourth-order valence-corrected chi connectivity index (χ4v) is 3.74. The summed E-state index contributed by atoms with van der Waals surface area (Å²) in [5.74, 6) is -0.0197. The molecule has 1 aliphatic heterocycles. The van der Waals surface area contributed by atoms with Gasteiger partial charge in [-0.2, -0.15) is 0 Å². The van der Waals surface area contributed by atoms with Gasteiger partial charge in [0.05, 0.1) is 22.4 Å². The number of fused-ring (bicyclic) bond motifs is 1. The first kappa shape index (κ1) is 16.0. The first-order valence-electron chi connectivity index (χ1n) is 7.20. The van der Waals surface area contributed by atoms with Crippen LogP contribution in [0.2, 0.25) is 5.02 Å². The quantitative estimate of drug-likeness (QED) is 0.673. The number of hydrogen-bond donors (Lipinski definition) is 1. The molecule has 0 radical (unpaired) electrons. The number of pyridine rings is 1. The number of aromatic nitrogens is 1. The highest BCUT2D eigenvalue weighted by Gasteiger charge is 2.22. The van der Waals surface area contributed by atoms with Crippen molar-refractivity contribution >= 4 is 40.7 Å². The van der Waals surface area contributed by atoms with Gasteiger partial charge in [-0.3, -0.25) is 14.6 Å². The number of Topliss-reactive ketones (excluding diaryl/α,β-unsaturated/α-hetero) is 1. The topological polar surface area (TPSA) is 59.1 Å². The molecule has 1 aliphatic rings. The number of anilines is 1. The molecule has 2 aromatic rings. The van der Waals surface area contributed by atoms with Gasteiger partial charge in [0.25, 0.3) is 0 Å². The first-order chi connectivity index (χ1) is 11.0. The number of carbonyl (C=O) groups excluding carboxylic acids is 2. The minimum absolute atomic E-state index is 0.0164. The zero-order chi connectivity index (χ0) is 16.6. The summed E-state index contributed by atoms with van der Waals surface area (Å²) in [6.07, 6.45) is 2.01. The Labute approximate surface area is 143 Å². The molecule has 1 N–H and O–H groups in total. The van der Waals surface area contributed by atoms with E-state index >= 15 is 0 Å². The van der Waals surface area contributed by atoms with Gasteiger partial charge >= 0.3 is 0 Å². The minimum Gasteiger partial charge on any atom is -0.326 e. The number of rotatable bonds is 4. The normalized spacial score (nSPS) is 14.3. The van der Waals surface area contributed by atoms with Gasteiger partial charge in [0, 0.05) is 22.3 Å². The molecule has 23 heavy (non-hydrogen) atoms. The highest BCUT2D eigenvalue weighted by molar-refractivity contribution is 8.00. The van der Waals surface area contributed by atoms with Crippen molar-refractivity contribution in [1.29, 1.82) is 0 Å². The Bertz CT molecular complexity index is 807. The van der Waals surface area contributed by atoms with Crippen LogP contribution in [0.5, 0.6) is 0 Å².